The highest BCUT2D eigenvalue weighted by Gasteiger charge is 2.38. The van der Waals surface area contributed by atoms with Crippen LogP contribution in [0.15, 0.2) is 61.4 Å². The number of hydrogen-bond acceptors (Lipinski definition) is 10. The standard InChI is InChI=1S/C31H30ClN7O4S/c1-5-26(40)38-15-20-16-43-24-11-19(12-33-29(24)39(20)14-18(38)3)22-9-10-23(42-4)28(35-22)37-31-34-13-25(44-31)30(41)36-27-17(2)7-6-8-21(27)32/h5-13,18,20H,1,14-16H2,2-4H3,(H,36,41)(H,34,35,37). The first-order valence-electron chi connectivity index (χ1n) is 13.9. The summed E-state index contributed by atoms with van der Waals surface area (Å²) in [6, 6.07) is 11.0. The minimum Gasteiger partial charge on any atom is -0.493 e. The second kappa shape index (κ2) is 12.1. The van der Waals surface area contributed by atoms with Crippen LogP contribution in [0.25, 0.3) is 11.3 Å². The molecule has 2 aliphatic heterocycles. The lowest BCUT2D eigenvalue weighted by Gasteiger charge is -2.47. The Bertz CT molecular complexity index is 1740. The largest absolute Gasteiger partial charge is 0.493 e. The quantitative estimate of drug-likeness (QED) is 0.253. The van der Waals surface area contributed by atoms with Gasteiger partial charge in [0, 0.05) is 30.9 Å². The predicted molar refractivity (Wildman–Crippen MR) is 172 cm³/mol. The summed E-state index contributed by atoms with van der Waals surface area (Å²) in [5.74, 6) is 1.95. The fourth-order valence-corrected chi connectivity index (χ4v) is 6.29. The van der Waals surface area contributed by atoms with Gasteiger partial charge in [-0.15, -0.1) is 0 Å². The average Bonchev–Trinajstić information content (AvgIpc) is 3.50. The third-order valence-electron chi connectivity index (χ3n) is 7.62. The van der Waals surface area contributed by atoms with Crippen molar-refractivity contribution < 1.29 is 19.1 Å². The Labute approximate surface area is 263 Å². The van der Waals surface area contributed by atoms with Gasteiger partial charge >= 0.3 is 0 Å². The van der Waals surface area contributed by atoms with Crippen LogP contribution < -0.4 is 25.0 Å². The Morgan fingerprint density at radius 3 is 2.82 bits per heavy atom. The van der Waals surface area contributed by atoms with E-state index in [-0.39, 0.29) is 23.9 Å². The lowest BCUT2D eigenvalue weighted by atomic mass is 10.1. The first kappa shape index (κ1) is 29.4. The zero-order chi connectivity index (χ0) is 31.0. The number of anilines is 4. The Morgan fingerprint density at radius 1 is 1.20 bits per heavy atom. The Hall–Kier alpha value is -4.68. The molecular weight excluding hydrogens is 602 g/mol. The first-order chi connectivity index (χ1) is 21.2. The number of carbonyl (C=O) groups is 2. The van der Waals surface area contributed by atoms with E-state index in [0.717, 1.165) is 16.9 Å². The van der Waals surface area contributed by atoms with Crippen molar-refractivity contribution in [1.29, 1.82) is 0 Å². The predicted octanol–water partition coefficient (Wildman–Crippen LogP) is 5.55. The Morgan fingerprint density at radius 2 is 2.05 bits per heavy atom. The maximum Gasteiger partial charge on any atom is 0.267 e. The number of aryl methyl sites for hydroxylation is 1. The molecule has 1 fully saturated rings. The number of thiazole rings is 1. The molecule has 4 aromatic rings. The summed E-state index contributed by atoms with van der Waals surface area (Å²) in [4.78, 5) is 43.6. The molecule has 0 bridgehead atoms. The van der Waals surface area contributed by atoms with E-state index in [1.54, 1.807) is 25.4 Å². The molecule has 0 aliphatic carbocycles. The van der Waals surface area contributed by atoms with Gasteiger partial charge in [-0.05, 0) is 49.8 Å². The molecule has 0 saturated carbocycles. The summed E-state index contributed by atoms with van der Waals surface area (Å²) >= 11 is 7.46. The fourth-order valence-electron chi connectivity index (χ4n) is 5.31. The van der Waals surface area contributed by atoms with E-state index in [9.17, 15) is 9.59 Å². The number of nitrogens with one attached hydrogen (secondary N) is 2. The van der Waals surface area contributed by atoms with Crippen LogP contribution in [0.1, 0.15) is 22.2 Å². The van der Waals surface area contributed by atoms with Crippen LogP contribution in [0.3, 0.4) is 0 Å². The number of nitrogens with zero attached hydrogens (tertiary/aromatic N) is 5. The molecule has 13 heteroatoms. The Kier molecular flexibility index (Phi) is 8.11. The first-order valence-corrected chi connectivity index (χ1v) is 15.1. The molecule has 44 heavy (non-hydrogen) atoms. The van der Waals surface area contributed by atoms with Crippen molar-refractivity contribution in [1.82, 2.24) is 19.9 Å². The van der Waals surface area contributed by atoms with Crippen molar-refractivity contribution in [3.63, 3.8) is 0 Å². The molecule has 2 aliphatic rings. The molecular formula is C31H30ClN7O4S. The number of halogens is 1. The van der Waals surface area contributed by atoms with E-state index in [2.05, 4.69) is 27.1 Å². The molecule has 0 radical (unpaired) electrons. The summed E-state index contributed by atoms with van der Waals surface area (Å²) in [7, 11) is 1.56. The SMILES string of the molecule is C=CC(=O)N1CC2COc3cc(-c4ccc(OC)c(Nc5ncc(C(=O)Nc6c(C)cccc6Cl)s5)n4)cnc3N2CC1C. The second-order valence-electron chi connectivity index (χ2n) is 10.5. The molecule has 3 aromatic heterocycles. The molecule has 2 atom stereocenters. The van der Waals surface area contributed by atoms with Gasteiger partial charge in [0.2, 0.25) is 5.91 Å². The summed E-state index contributed by atoms with van der Waals surface area (Å²) in [6.07, 6.45) is 4.61. The summed E-state index contributed by atoms with van der Waals surface area (Å²) in [5, 5.41) is 6.98. The van der Waals surface area contributed by atoms with Gasteiger partial charge in [0.25, 0.3) is 5.91 Å². The van der Waals surface area contributed by atoms with Crippen molar-refractivity contribution in [2.75, 3.05) is 42.3 Å². The molecule has 11 nitrogen and oxygen atoms in total. The van der Waals surface area contributed by atoms with Crippen molar-refractivity contribution in [3.8, 4) is 22.8 Å². The highest BCUT2D eigenvalue weighted by atomic mass is 35.5. The monoisotopic (exact) mass is 631 g/mol. The van der Waals surface area contributed by atoms with E-state index in [0.29, 0.717) is 63.4 Å². The molecule has 226 valence electrons. The number of para-hydroxylation sites is 1. The second-order valence-corrected chi connectivity index (χ2v) is 11.9. The molecule has 5 heterocycles. The molecule has 6 rings (SSSR count). The molecule has 1 saturated heterocycles. The number of pyridine rings is 2. The van der Waals surface area contributed by atoms with Crippen molar-refractivity contribution in [2.45, 2.75) is 25.9 Å². The highest BCUT2D eigenvalue weighted by Crippen LogP contribution is 2.38. The number of aromatic nitrogens is 3. The molecule has 2 unspecified atom stereocenters. The zero-order valence-corrected chi connectivity index (χ0v) is 25.9. The smallest absolute Gasteiger partial charge is 0.267 e. The van der Waals surface area contributed by atoms with Gasteiger partial charge in [-0.2, -0.15) is 0 Å². The number of methoxy groups -OCH3 is 1. The van der Waals surface area contributed by atoms with Crippen LogP contribution in [-0.2, 0) is 4.79 Å². The number of piperazine rings is 1. The van der Waals surface area contributed by atoms with Crippen LogP contribution in [0.5, 0.6) is 11.5 Å². The van der Waals surface area contributed by atoms with Gasteiger partial charge in [-0.3, -0.25) is 9.59 Å². The van der Waals surface area contributed by atoms with E-state index >= 15 is 0 Å². The maximum atomic E-state index is 12.9. The van der Waals surface area contributed by atoms with Crippen LogP contribution in [0.2, 0.25) is 5.02 Å². The van der Waals surface area contributed by atoms with Crippen LogP contribution in [-0.4, -0.2) is 70.6 Å². The van der Waals surface area contributed by atoms with E-state index in [1.807, 2.05) is 43.0 Å². The van der Waals surface area contributed by atoms with Gasteiger partial charge in [0.15, 0.2) is 28.3 Å². The summed E-state index contributed by atoms with van der Waals surface area (Å²) in [5.41, 5.74) is 2.83. The number of carbonyl (C=O) groups excluding carboxylic acids is 2. The normalized spacial score (nSPS) is 17.2. The van der Waals surface area contributed by atoms with Gasteiger partial charge < -0.3 is 29.9 Å². The molecule has 2 N–H and O–H groups in total. The van der Waals surface area contributed by atoms with Gasteiger partial charge in [0.05, 0.1) is 35.8 Å². The zero-order valence-electron chi connectivity index (χ0n) is 24.3. The van der Waals surface area contributed by atoms with Gasteiger partial charge in [-0.1, -0.05) is 41.6 Å². The van der Waals surface area contributed by atoms with Crippen LogP contribution >= 0.6 is 22.9 Å². The summed E-state index contributed by atoms with van der Waals surface area (Å²) in [6.45, 7) is 9.15. The molecule has 0 spiro atoms. The van der Waals surface area contributed by atoms with Crippen molar-refractivity contribution in [3.05, 3.63) is 76.9 Å². The number of amides is 2. The highest BCUT2D eigenvalue weighted by molar-refractivity contribution is 7.17. The fraction of sp³-hybridized carbons (Fsp3) is 0.258. The van der Waals surface area contributed by atoms with Crippen molar-refractivity contribution >= 4 is 57.2 Å². The van der Waals surface area contributed by atoms with Crippen LogP contribution in [0, 0.1) is 6.92 Å². The third-order valence-corrected chi connectivity index (χ3v) is 8.85. The van der Waals surface area contributed by atoms with E-state index < -0.39 is 0 Å². The number of rotatable bonds is 7. The topological polar surface area (TPSA) is 122 Å². The summed E-state index contributed by atoms with van der Waals surface area (Å²) < 4.78 is 11.7. The molecule has 2 amide bonds. The minimum atomic E-state index is -0.314. The average molecular weight is 632 g/mol. The van der Waals surface area contributed by atoms with Crippen molar-refractivity contribution in [2.24, 2.45) is 0 Å². The van der Waals surface area contributed by atoms with Gasteiger partial charge in [0.1, 0.15) is 11.5 Å². The number of benzene rings is 1. The maximum absolute atomic E-state index is 12.9. The Balaban J connectivity index is 1.20. The minimum absolute atomic E-state index is 0.00911. The van der Waals surface area contributed by atoms with E-state index in [4.69, 9.17) is 31.0 Å². The van der Waals surface area contributed by atoms with Crippen LogP contribution in [0.4, 0.5) is 22.5 Å². The number of fused-ring (bicyclic) bond motifs is 3. The lowest BCUT2D eigenvalue weighted by Crippen LogP contribution is -2.62. The van der Waals surface area contributed by atoms with E-state index in [1.165, 1.54) is 23.6 Å². The lowest BCUT2D eigenvalue weighted by molar-refractivity contribution is -0.129. The number of ether oxygens (including phenoxy) is 2. The number of hydrogen-bond donors (Lipinski definition) is 2. The van der Waals surface area contributed by atoms with Gasteiger partial charge in [-0.25, -0.2) is 15.0 Å². The third kappa shape index (κ3) is 5.65. The molecule has 1 aromatic carbocycles.